The van der Waals surface area contributed by atoms with Crippen LogP contribution >= 0.6 is 0 Å². The topological polar surface area (TPSA) is 19.6 Å². The quantitative estimate of drug-likeness (QED) is 0.159. The summed E-state index contributed by atoms with van der Waals surface area (Å²) in [5.74, 6) is 0. The number of fused-ring (bicyclic) bond motifs is 11. The van der Waals surface area contributed by atoms with Crippen LogP contribution < -0.4 is 9.80 Å². The van der Waals surface area contributed by atoms with Crippen LogP contribution in [0.5, 0.6) is 0 Å². The fraction of sp³-hybridized carbons (Fsp3) is 0.0294. The standard InChI is InChI=1S/C68H44N2O/c1-5-20-45(21-6-1)67(46-22-7-2-8-23-46)58-31-15-13-28-52(58)53-39-36-50(43-60(53)67)69(49-38-41-65-57(42-49)55-29-14-18-35-64(55)71-65)51-37-40-54-56-30-19-34-63-66(56)68(61(54)44-51,47-24-9-3-10-25-47)59-32-16-17-33-62(59)70(63)48-26-11-4-12-27-48/h1-44H. The lowest BCUT2D eigenvalue weighted by Crippen LogP contribution is -2.36. The Hall–Kier alpha value is -9.18. The molecular weight excluding hydrogens is 861 g/mol. The molecule has 1 atom stereocenters. The summed E-state index contributed by atoms with van der Waals surface area (Å²) >= 11 is 0. The molecule has 1 unspecified atom stereocenters. The smallest absolute Gasteiger partial charge is 0.135 e. The zero-order chi connectivity index (χ0) is 46.7. The molecule has 2 aliphatic carbocycles. The Morgan fingerprint density at radius 3 is 1.49 bits per heavy atom. The van der Waals surface area contributed by atoms with Gasteiger partial charge in [0.25, 0.3) is 0 Å². The molecule has 3 nitrogen and oxygen atoms in total. The molecule has 11 aromatic carbocycles. The molecule has 3 heteroatoms. The van der Waals surface area contributed by atoms with E-state index in [1.807, 2.05) is 6.07 Å². The summed E-state index contributed by atoms with van der Waals surface area (Å²) in [5.41, 5.74) is 22.4. The van der Waals surface area contributed by atoms with E-state index in [2.05, 4.69) is 271 Å². The van der Waals surface area contributed by atoms with Gasteiger partial charge in [0.05, 0.1) is 22.2 Å². The van der Waals surface area contributed by atoms with Gasteiger partial charge in [-0.05, 0) is 134 Å². The molecule has 1 aliphatic heterocycles. The predicted molar refractivity (Wildman–Crippen MR) is 291 cm³/mol. The van der Waals surface area contributed by atoms with Crippen molar-refractivity contribution < 1.29 is 4.42 Å². The number of para-hydroxylation sites is 3. The van der Waals surface area contributed by atoms with Crippen molar-refractivity contribution in [2.75, 3.05) is 9.80 Å². The minimum absolute atomic E-state index is 0.565. The molecule has 15 rings (SSSR count). The van der Waals surface area contributed by atoms with Crippen LogP contribution in [0.4, 0.5) is 34.1 Å². The van der Waals surface area contributed by atoms with Crippen molar-refractivity contribution in [3.63, 3.8) is 0 Å². The van der Waals surface area contributed by atoms with E-state index in [-0.39, 0.29) is 0 Å². The first kappa shape index (κ1) is 39.8. The highest BCUT2D eigenvalue weighted by molar-refractivity contribution is 6.07. The summed E-state index contributed by atoms with van der Waals surface area (Å²) in [7, 11) is 0. The molecule has 3 aliphatic rings. The zero-order valence-electron chi connectivity index (χ0n) is 38.7. The number of rotatable bonds is 7. The molecule has 0 bridgehead atoms. The van der Waals surface area contributed by atoms with E-state index in [1.165, 1.54) is 78.1 Å². The lowest BCUT2D eigenvalue weighted by Gasteiger charge is -2.44. The van der Waals surface area contributed by atoms with Gasteiger partial charge < -0.3 is 14.2 Å². The van der Waals surface area contributed by atoms with Gasteiger partial charge in [0.1, 0.15) is 11.2 Å². The minimum atomic E-state index is -0.619. The molecule has 12 aromatic rings. The summed E-state index contributed by atoms with van der Waals surface area (Å²) in [6.07, 6.45) is 0. The normalized spacial score (nSPS) is 15.5. The molecule has 332 valence electrons. The van der Waals surface area contributed by atoms with Gasteiger partial charge >= 0.3 is 0 Å². The van der Waals surface area contributed by atoms with Crippen LogP contribution in [0.3, 0.4) is 0 Å². The molecule has 1 aromatic heterocycles. The van der Waals surface area contributed by atoms with Crippen molar-refractivity contribution in [2.45, 2.75) is 10.8 Å². The highest BCUT2D eigenvalue weighted by Crippen LogP contribution is 2.65. The fourth-order valence-corrected chi connectivity index (χ4v) is 13.0. The maximum absolute atomic E-state index is 6.48. The van der Waals surface area contributed by atoms with Gasteiger partial charge in [-0.1, -0.05) is 194 Å². The molecule has 0 fully saturated rings. The van der Waals surface area contributed by atoms with Gasteiger partial charge in [-0.15, -0.1) is 0 Å². The Morgan fingerprint density at radius 1 is 0.310 bits per heavy atom. The maximum atomic E-state index is 6.48. The Bertz CT molecular complexity index is 4030. The Kier molecular flexibility index (Phi) is 8.49. The highest BCUT2D eigenvalue weighted by atomic mass is 16.3. The lowest BCUT2D eigenvalue weighted by molar-refractivity contribution is 0.669. The molecule has 0 N–H and O–H groups in total. The van der Waals surface area contributed by atoms with Crippen LogP contribution in [0.15, 0.2) is 271 Å². The first-order valence-corrected chi connectivity index (χ1v) is 24.6. The van der Waals surface area contributed by atoms with E-state index in [9.17, 15) is 0 Å². The molecule has 0 spiro atoms. The molecule has 0 radical (unpaired) electrons. The summed E-state index contributed by atoms with van der Waals surface area (Å²) < 4.78 is 6.48. The third kappa shape index (κ3) is 5.43. The number of hydrogen-bond donors (Lipinski definition) is 0. The number of hydrogen-bond acceptors (Lipinski definition) is 3. The van der Waals surface area contributed by atoms with E-state index < -0.39 is 10.8 Å². The van der Waals surface area contributed by atoms with Crippen molar-refractivity contribution in [2.24, 2.45) is 0 Å². The number of anilines is 6. The van der Waals surface area contributed by atoms with Gasteiger partial charge in [-0.2, -0.15) is 0 Å². The second kappa shape index (κ2) is 15.2. The Labute approximate surface area is 412 Å². The molecular formula is C68H44N2O. The average Bonchev–Trinajstić information content (AvgIpc) is 4.08. The molecule has 71 heavy (non-hydrogen) atoms. The van der Waals surface area contributed by atoms with Crippen molar-refractivity contribution >= 4 is 56.1 Å². The van der Waals surface area contributed by atoms with Crippen LogP contribution in [-0.2, 0) is 10.8 Å². The summed E-state index contributed by atoms with van der Waals surface area (Å²) in [4.78, 5) is 4.95. The highest BCUT2D eigenvalue weighted by Gasteiger charge is 2.53. The largest absolute Gasteiger partial charge is 0.456 e. The van der Waals surface area contributed by atoms with E-state index >= 15 is 0 Å². The number of benzene rings is 11. The molecule has 0 saturated carbocycles. The monoisotopic (exact) mass is 904 g/mol. The van der Waals surface area contributed by atoms with Crippen LogP contribution in [0.25, 0.3) is 44.2 Å². The predicted octanol–water partition coefficient (Wildman–Crippen LogP) is 17.6. The number of nitrogens with zero attached hydrogens (tertiary/aromatic N) is 2. The first-order valence-electron chi connectivity index (χ1n) is 24.6. The average molecular weight is 905 g/mol. The first-order chi connectivity index (χ1) is 35.2. The van der Waals surface area contributed by atoms with Crippen molar-refractivity contribution in [3.05, 3.63) is 311 Å². The van der Waals surface area contributed by atoms with E-state index in [0.717, 1.165) is 44.7 Å². The fourth-order valence-electron chi connectivity index (χ4n) is 13.0. The SMILES string of the molecule is c1ccc(N2c3ccccc3C3(c4ccccc4)c4cc(N(c5ccc6c(c5)C(c5ccccc5)(c5ccccc5)c5ccccc5-6)c5ccc6oc7ccccc7c6c5)ccc4-c4cccc2c43)cc1. The van der Waals surface area contributed by atoms with Crippen LogP contribution in [0.1, 0.15) is 44.5 Å². The van der Waals surface area contributed by atoms with E-state index in [0.29, 0.717) is 0 Å². The summed E-state index contributed by atoms with van der Waals surface area (Å²) in [5, 5.41) is 2.18. The van der Waals surface area contributed by atoms with Gasteiger partial charge in [-0.25, -0.2) is 0 Å². The maximum Gasteiger partial charge on any atom is 0.135 e. The Morgan fingerprint density at radius 2 is 0.789 bits per heavy atom. The van der Waals surface area contributed by atoms with E-state index in [1.54, 1.807) is 0 Å². The summed E-state index contributed by atoms with van der Waals surface area (Å²) in [6.45, 7) is 0. The van der Waals surface area contributed by atoms with Gasteiger partial charge in [-0.3, -0.25) is 0 Å². The molecule has 0 saturated heterocycles. The minimum Gasteiger partial charge on any atom is -0.456 e. The van der Waals surface area contributed by atoms with Crippen molar-refractivity contribution in [3.8, 4) is 22.3 Å². The zero-order valence-corrected chi connectivity index (χ0v) is 38.7. The molecule has 0 amide bonds. The second-order valence-electron chi connectivity index (χ2n) is 19.1. The van der Waals surface area contributed by atoms with Gasteiger partial charge in [0.2, 0.25) is 0 Å². The van der Waals surface area contributed by atoms with E-state index in [4.69, 9.17) is 4.42 Å². The van der Waals surface area contributed by atoms with Crippen LogP contribution in [0.2, 0.25) is 0 Å². The van der Waals surface area contributed by atoms with Crippen molar-refractivity contribution in [1.29, 1.82) is 0 Å². The third-order valence-electron chi connectivity index (χ3n) is 15.7. The van der Waals surface area contributed by atoms with Crippen molar-refractivity contribution in [1.82, 2.24) is 0 Å². The van der Waals surface area contributed by atoms with Crippen LogP contribution in [0, 0.1) is 0 Å². The Balaban J connectivity index is 1.02. The second-order valence-corrected chi connectivity index (χ2v) is 19.1. The van der Waals surface area contributed by atoms with Gasteiger partial charge in [0.15, 0.2) is 0 Å². The third-order valence-corrected chi connectivity index (χ3v) is 15.7. The lowest BCUT2D eigenvalue weighted by atomic mass is 9.65. The molecule has 2 heterocycles. The van der Waals surface area contributed by atoms with Crippen LogP contribution in [-0.4, -0.2) is 0 Å². The van der Waals surface area contributed by atoms with Gasteiger partial charge in [0, 0.05) is 39.1 Å². The summed E-state index contributed by atoms with van der Waals surface area (Å²) in [6, 6.07) is 98.7. The number of furan rings is 1.